The van der Waals surface area contributed by atoms with Gasteiger partial charge in [0.2, 0.25) is 5.91 Å². The van der Waals surface area contributed by atoms with Crippen molar-refractivity contribution >= 4 is 33.2 Å². The average molecular weight is 393 g/mol. The van der Waals surface area contributed by atoms with Crippen LogP contribution in [-0.2, 0) is 4.79 Å². The Morgan fingerprint density at radius 3 is 2.65 bits per heavy atom. The normalized spacial score (nSPS) is 22.3. The second-order valence-electron chi connectivity index (χ2n) is 6.12. The Bertz CT molecular complexity index is 673. The lowest BCUT2D eigenvalue weighted by molar-refractivity contribution is -0.131. The summed E-state index contributed by atoms with van der Waals surface area (Å²) in [6, 6.07) is 14.4. The molecule has 2 aromatic rings. The van der Waals surface area contributed by atoms with Gasteiger partial charge in [0.15, 0.2) is 0 Å². The number of amides is 1. The summed E-state index contributed by atoms with van der Waals surface area (Å²) in [5, 5.41) is 0. The molecule has 0 aliphatic carbocycles. The first-order valence-corrected chi connectivity index (χ1v) is 9.50. The van der Waals surface area contributed by atoms with Crippen molar-refractivity contribution in [2.24, 2.45) is 11.7 Å². The van der Waals surface area contributed by atoms with Crippen LogP contribution >= 0.6 is 27.3 Å². The standard InChI is InChI=1S/C18H21BrN2OS/c1-12(16-7-8-17(19)23-16)18(22)21-10-14(9-20)15(11-21)13-5-3-2-4-6-13/h2-8,12,14-15H,9-11,20H2,1H3/t12?,14-,15+/m1/s1. The molecule has 0 saturated carbocycles. The number of carbonyl (C=O) groups excluding carboxylic acids is 1. The largest absolute Gasteiger partial charge is 0.341 e. The fourth-order valence-electron chi connectivity index (χ4n) is 3.32. The number of thiophene rings is 1. The van der Waals surface area contributed by atoms with Crippen molar-refractivity contribution in [1.29, 1.82) is 0 Å². The molecule has 3 atom stereocenters. The first-order valence-electron chi connectivity index (χ1n) is 7.89. The second kappa shape index (κ2) is 7.16. The second-order valence-corrected chi connectivity index (χ2v) is 8.61. The zero-order chi connectivity index (χ0) is 16.4. The topological polar surface area (TPSA) is 46.3 Å². The van der Waals surface area contributed by atoms with Gasteiger partial charge in [0.1, 0.15) is 0 Å². The molecule has 1 fully saturated rings. The van der Waals surface area contributed by atoms with Gasteiger partial charge < -0.3 is 10.6 Å². The molecule has 0 spiro atoms. The van der Waals surface area contributed by atoms with Crippen LogP contribution in [-0.4, -0.2) is 30.4 Å². The minimum atomic E-state index is -0.0979. The number of rotatable bonds is 4. The summed E-state index contributed by atoms with van der Waals surface area (Å²) in [6.07, 6.45) is 0. The molecule has 5 heteroatoms. The van der Waals surface area contributed by atoms with Gasteiger partial charge in [-0.3, -0.25) is 4.79 Å². The molecule has 1 aromatic heterocycles. The van der Waals surface area contributed by atoms with Crippen molar-refractivity contribution in [3.8, 4) is 0 Å². The molecule has 1 aliphatic rings. The summed E-state index contributed by atoms with van der Waals surface area (Å²) >= 11 is 5.10. The maximum atomic E-state index is 12.9. The first-order chi connectivity index (χ1) is 11.1. The molecule has 0 bridgehead atoms. The lowest BCUT2D eigenvalue weighted by Crippen LogP contribution is -2.32. The average Bonchev–Trinajstić information content (AvgIpc) is 3.20. The maximum Gasteiger partial charge on any atom is 0.230 e. The van der Waals surface area contributed by atoms with Crippen LogP contribution in [0.25, 0.3) is 0 Å². The molecule has 3 rings (SSSR count). The number of hydrogen-bond donors (Lipinski definition) is 1. The molecule has 1 unspecified atom stereocenters. The van der Waals surface area contributed by atoms with E-state index < -0.39 is 0 Å². The highest BCUT2D eigenvalue weighted by molar-refractivity contribution is 9.11. The van der Waals surface area contributed by atoms with Crippen LogP contribution < -0.4 is 5.73 Å². The Labute approximate surface area is 149 Å². The van der Waals surface area contributed by atoms with Crippen LogP contribution in [0.15, 0.2) is 46.3 Å². The Hall–Kier alpha value is -1.17. The number of nitrogens with two attached hydrogens (primary N) is 1. The van der Waals surface area contributed by atoms with E-state index in [-0.39, 0.29) is 11.8 Å². The van der Waals surface area contributed by atoms with Gasteiger partial charge in [0.25, 0.3) is 0 Å². The van der Waals surface area contributed by atoms with Gasteiger partial charge in [0.05, 0.1) is 9.70 Å². The SMILES string of the molecule is CC(C(=O)N1C[C@@H](CN)[C@H](c2ccccc2)C1)c1ccc(Br)s1. The van der Waals surface area contributed by atoms with E-state index in [1.165, 1.54) is 5.56 Å². The highest BCUT2D eigenvalue weighted by atomic mass is 79.9. The van der Waals surface area contributed by atoms with Gasteiger partial charge in [-0.05, 0) is 53.0 Å². The van der Waals surface area contributed by atoms with Gasteiger partial charge in [-0.2, -0.15) is 0 Å². The zero-order valence-electron chi connectivity index (χ0n) is 13.1. The monoisotopic (exact) mass is 392 g/mol. The van der Waals surface area contributed by atoms with Crippen LogP contribution in [0.3, 0.4) is 0 Å². The Balaban J connectivity index is 1.75. The third-order valence-corrected chi connectivity index (χ3v) is 6.48. The van der Waals surface area contributed by atoms with E-state index in [0.29, 0.717) is 18.4 Å². The molecule has 2 N–H and O–H groups in total. The Morgan fingerprint density at radius 1 is 1.30 bits per heavy atom. The minimum Gasteiger partial charge on any atom is -0.341 e. The van der Waals surface area contributed by atoms with Crippen LogP contribution in [0.4, 0.5) is 0 Å². The molecule has 1 amide bonds. The number of hydrogen-bond acceptors (Lipinski definition) is 3. The van der Waals surface area contributed by atoms with E-state index in [1.54, 1.807) is 11.3 Å². The van der Waals surface area contributed by atoms with Crippen LogP contribution in [0, 0.1) is 5.92 Å². The Kier molecular flexibility index (Phi) is 5.19. The van der Waals surface area contributed by atoms with Crippen molar-refractivity contribution in [3.63, 3.8) is 0 Å². The summed E-state index contributed by atoms with van der Waals surface area (Å²) < 4.78 is 1.07. The molecule has 3 nitrogen and oxygen atoms in total. The van der Waals surface area contributed by atoms with E-state index in [2.05, 4.69) is 40.2 Å². The number of nitrogens with zero attached hydrogens (tertiary/aromatic N) is 1. The van der Waals surface area contributed by atoms with Crippen molar-refractivity contribution in [3.05, 3.63) is 56.7 Å². The smallest absolute Gasteiger partial charge is 0.230 e. The summed E-state index contributed by atoms with van der Waals surface area (Å²) in [5.41, 5.74) is 7.25. The van der Waals surface area contributed by atoms with Crippen LogP contribution in [0.5, 0.6) is 0 Å². The molecular formula is C18H21BrN2OS. The number of likely N-dealkylation sites (tertiary alicyclic amines) is 1. The molecule has 1 aromatic carbocycles. The molecule has 1 saturated heterocycles. The van der Waals surface area contributed by atoms with Crippen LogP contribution in [0.1, 0.15) is 29.2 Å². The summed E-state index contributed by atoms with van der Waals surface area (Å²) in [7, 11) is 0. The number of carbonyl (C=O) groups is 1. The van der Waals surface area contributed by atoms with Gasteiger partial charge in [-0.15, -0.1) is 11.3 Å². The first kappa shape index (κ1) is 16.7. The van der Waals surface area contributed by atoms with Crippen molar-refractivity contribution in [1.82, 2.24) is 4.90 Å². The van der Waals surface area contributed by atoms with Crippen molar-refractivity contribution < 1.29 is 4.79 Å². The van der Waals surface area contributed by atoms with Gasteiger partial charge >= 0.3 is 0 Å². The van der Waals surface area contributed by atoms with E-state index >= 15 is 0 Å². The minimum absolute atomic E-state index is 0.0979. The highest BCUT2D eigenvalue weighted by Gasteiger charge is 2.37. The lowest BCUT2D eigenvalue weighted by atomic mass is 9.89. The highest BCUT2D eigenvalue weighted by Crippen LogP contribution is 2.35. The lowest BCUT2D eigenvalue weighted by Gasteiger charge is -2.20. The third-order valence-electron chi connectivity index (χ3n) is 4.67. The molecular weight excluding hydrogens is 372 g/mol. The molecule has 23 heavy (non-hydrogen) atoms. The molecule has 2 heterocycles. The van der Waals surface area contributed by atoms with Gasteiger partial charge in [-0.25, -0.2) is 0 Å². The Morgan fingerprint density at radius 2 is 2.04 bits per heavy atom. The molecule has 1 aliphatic heterocycles. The predicted molar refractivity (Wildman–Crippen MR) is 98.7 cm³/mol. The maximum absolute atomic E-state index is 12.9. The number of benzene rings is 1. The summed E-state index contributed by atoms with van der Waals surface area (Å²) in [4.78, 5) is 16.0. The fraction of sp³-hybridized carbons (Fsp3) is 0.389. The van der Waals surface area contributed by atoms with E-state index in [9.17, 15) is 4.79 Å². The molecule has 122 valence electrons. The van der Waals surface area contributed by atoms with Crippen molar-refractivity contribution in [2.75, 3.05) is 19.6 Å². The number of halogens is 1. The fourth-order valence-corrected chi connectivity index (χ4v) is 4.79. The summed E-state index contributed by atoms with van der Waals surface area (Å²) in [5.74, 6) is 0.784. The van der Waals surface area contributed by atoms with Crippen molar-refractivity contribution in [2.45, 2.75) is 18.8 Å². The van der Waals surface area contributed by atoms with Crippen LogP contribution in [0.2, 0.25) is 0 Å². The van der Waals surface area contributed by atoms with E-state index in [0.717, 1.165) is 21.8 Å². The van der Waals surface area contributed by atoms with Gasteiger partial charge in [-0.1, -0.05) is 30.3 Å². The van der Waals surface area contributed by atoms with Gasteiger partial charge in [0, 0.05) is 23.9 Å². The van der Waals surface area contributed by atoms with E-state index in [1.807, 2.05) is 30.0 Å². The quantitative estimate of drug-likeness (QED) is 0.859. The molecule has 0 radical (unpaired) electrons. The predicted octanol–water partition coefficient (Wildman–Crippen LogP) is 3.82. The van der Waals surface area contributed by atoms with E-state index in [4.69, 9.17) is 5.73 Å². The summed E-state index contributed by atoms with van der Waals surface area (Å²) in [6.45, 7) is 4.13. The third kappa shape index (κ3) is 3.52. The zero-order valence-corrected chi connectivity index (χ0v) is 15.5.